The average Bonchev–Trinajstić information content (AvgIpc) is 2.52. The molecule has 3 aliphatic rings. The summed E-state index contributed by atoms with van der Waals surface area (Å²) in [6.45, 7) is 0. The van der Waals surface area contributed by atoms with Crippen molar-refractivity contribution in [3.8, 4) is 0 Å². The van der Waals surface area contributed by atoms with E-state index < -0.39 is 21.6 Å². The quantitative estimate of drug-likeness (QED) is 0.519. The van der Waals surface area contributed by atoms with E-state index in [4.69, 9.17) is 8.92 Å². The first kappa shape index (κ1) is 10.9. The number of hydrogen-bond acceptors (Lipinski definition) is 5. The van der Waals surface area contributed by atoms with Gasteiger partial charge in [0, 0.05) is 0 Å². The molecule has 0 heterocycles. The smallest absolute Gasteiger partial charge is 0.314 e. The number of carbonyl (C=O) groups excluding carboxylic acids is 1. The second kappa shape index (κ2) is 3.18. The summed E-state index contributed by atoms with van der Waals surface area (Å²) in [7, 11) is -2.18. The van der Waals surface area contributed by atoms with Gasteiger partial charge in [-0.15, -0.1) is 0 Å². The number of hydrogen-bond donors (Lipinski definition) is 0. The van der Waals surface area contributed by atoms with Crippen LogP contribution in [0.25, 0.3) is 0 Å². The largest absolute Gasteiger partial charge is 0.469 e. The van der Waals surface area contributed by atoms with Crippen LogP contribution in [0.3, 0.4) is 0 Å². The van der Waals surface area contributed by atoms with E-state index >= 15 is 0 Å². The van der Waals surface area contributed by atoms with Gasteiger partial charge in [0.2, 0.25) is 0 Å². The number of fused-ring (bicyclic) bond motifs is 1. The van der Waals surface area contributed by atoms with Gasteiger partial charge in [0.15, 0.2) is 0 Å². The minimum atomic E-state index is -3.50. The van der Waals surface area contributed by atoms with Crippen LogP contribution in [-0.2, 0) is 23.8 Å². The Morgan fingerprint density at radius 1 is 1.40 bits per heavy atom. The Bertz CT molecular complexity index is 379. The maximum absolute atomic E-state index is 11.6. The summed E-state index contributed by atoms with van der Waals surface area (Å²) in [5.74, 6) is 0.0701. The molecular formula is C9H14O5S. The molecule has 3 saturated carbocycles. The lowest BCUT2D eigenvalue weighted by molar-refractivity contribution is -0.161. The molecule has 3 fully saturated rings. The van der Waals surface area contributed by atoms with E-state index in [1.807, 2.05) is 0 Å². The first-order chi connectivity index (χ1) is 6.87. The normalized spacial score (nSPS) is 38.5. The minimum absolute atomic E-state index is 0.343. The molecule has 0 aliphatic heterocycles. The van der Waals surface area contributed by atoms with E-state index in [-0.39, 0.29) is 5.97 Å². The van der Waals surface area contributed by atoms with Crippen LogP contribution in [0.5, 0.6) is 0 Å². The number of rotatable bonds is 3. The van der Waals surface area contributed by atoms with E-state index in [0.717, 1.165) is 6.26 Å². The number of esters is 1. The molecule has 86 valence electrons. The molecule has 0 aromatic heterocycles. The van der Waals surface area contributed by atoms with Gasteiger partial charge in [0.05, 0.1) is 24.9 Å². The lowest BCUT2D eigenvalue weighted by Crippen LogP contribution is -2.44. The third-order valence-electron chi connectivity index (χ3n) is 3.35. The fourth-order valence-corrected chi connectivity index (χ4v) is 3.46. The van der Waals surface area contributed by atoms with Gasteiger partial charge in [-0.3, -0.25) is 8.98 Å². The fourth-order valence-electron chi connectivity index (χ4n) is 2.77. The minimum Gasteiger partial charge on any atom is -0.469 e. The molecule has 15 heavy (non-hydrogen) atoms. The number of carbonyl (C=O) groups is 1. The predicted octanol–water partition coefficient (Wildman–Crippen LogP) is 0.304. The lowest BCUT2D eigenvalue weighted by Gasteiger charge is -2.37. The molecule has 0 aromatic rings. The van der Waals surface area contributed by atoms with E-state index in [0.29, 0.717) is 25.2 Å². The van der Waals surface area contributed by atoms with Crippen LogP contribution in [-0.4, -0.2) is 33.9 Å². The molecule has 2 bridgehead atoms. The summed E-state index contributed by atoms with van der Waals surface area (Å²) in [5.41, 5.74) is -0.692. The highest BCUT2D eigenvalue weighted by Gasteiger charge is 2.64. The van der Waals surface area contributed by atoms with Crippen molar-refractivity contribution in [3.63, 3.8) is 0 Å². The van der Waals surface area contributed by atoms with Crippen molar-refractivity contribution < 1.29 is 22.1 Å². The molecular weight excluding hydrogens is 220 g/mol. The third-order valence-corrected chi connectivity index (χ3v) is 3.93. The molecule has 3 rings (SSSR count). The van der Waals surface area contributed by atoms with Crippen molar-refractivity contribution in [1.82, 2.24) is 0 Å². The zero-order valence-electron chi connectivity index (χ0n) is 8.73. The Morgan fingerprint density at radius 2 is 2.00 bits per heavy atom. The zero-order valence-corrected chi connectivity index (χ0v) is 9.54. The van der Waals surface area contributed by atoms with E-state index in [1.165, 1.54) is 7.11 Å². The van der Waals surface area contributed by atoms with Crippen LogP contribution in [0.15, 0.2) is 0 Å². The molecule has 0 radical (unpaired) electrons. The monoisotopic (exact) mass is 234 g/mol. The zero-order chi connectivity index (χ0) is 11.3. The van der Waals surface area contributed by atoms with Gasteiger partial charge >= 0.3 is 5.97 Å². The Labute approximate surface area is 88.9 Å². The van der Waals surface area contributed by atoms with E-state index in [2.05, 4.69) is 0 Å². The molecule has 0 spiro atoms. The lowest BCUT2D eigenvalue weighted by atomic mass is 9.69. The van der Waals surface area contributed by atoms with Gasteiger partial charge in [-0.1, -0.05) is 0 Å². The first-order valence-electron chi connectivity index (χ1n) is 4.84. The van der Waals surface area contributed by atoms with Crippen LogP contribution >= 0.6 is 0 Å². The van der Waals surface area contributed by atoms with Gasteiger partial charge in [-0.2, -0.15) is 8.42 Å². The fraction of sp³-hybridized carbons (Fsp3) is 0.889. The molecule has 0 amide bonds. The number of methoxy groups -OCH3 is 1. The van der Waals surface area contributed by atoms with Gasteiger partial charge < -0.3 is 4.74 Å². The molecule has 0 unspecified atom stereocenters. The average molecular weight is 234 g/mol. The summed E-state index contributed by atoms with van der Waals surface area (Å²) >= 11 is 0. The van der Waals surface area contributed by atoms with Crippen molar-refractivity contribution in [3.05, 3.63) is 0 Å². The van der Waals surface area contributed by atoms with E-state index in [9.17, 15) is 13.2 Å². The second-order valence-electron chi connectivity index (χ2n) is 4.45. The summed E-state index contributed by atoms with van der Waals surface area (Å²) in [6.07, 6.45) is 2.51. The third kappa shape index (κ3) is 1.65. The molecule has 0 N–H and O–H groups in total. The van der Waals surface area contributed by atoms with Gasteiger partial charge in [0.25, 0.3) is 10.1 Å². The molecule has 6 heteroatoms. The van der Waals surface area contributed by atoms with Crippen LogP contribution < -0.4 is 0 Å². The van der Waals surface area contributed by atoms with Crippen molar-refractivity contribution >= 4 is 16.1 Å². The Hall–Kier alpha value is -0.620. The molecule has 0 aromatic carbocycles. The molecule has 1 atom stereocenters. The Kier molecular flexibility index (Phi) is 2.31. The molecule has 3 aliphatic carbocycles. The maximum Gasteiger partial charge on any atom is 0.314 e. The summed E-state index contributed by atoms with van der Waals surface area (Å²) in [4.78, 5) is 11.6. The number of ether oxygens (including phenoxy) is 1. The predicted molar refractivity (Wildman–Crippen MR) is 51.5 cm³/mol. The van der Waals surface area contributed by atoms with Crippen LogP contribution in [0, 0.1) is 11.3 Å². The van der Waals surface area contributed by atoms with Crippen LogP contribution in [0.2, 0.25) is 0 Å². The Morgan fingerprint density at radius 3 is 2.47 bits per heavy atom. The SMILES string of the molecule is COC(=O)C12CC(C[C@@H]1OS(C)(=O)=O)C2. The van der Waals surface area contributed by atoms with Crippen LogP contribution in [0.1, 0.15) is 19.3 Å². The summed E-state index contributed by atoms with van der Waals surface area (Å²) in [6, 6.07) is 0. The highest BCUT2D eigenvalue weighted by Crippen LogP contribution is 2.60. The van der Waals surface area contributed by atoms with Crippen LogP contribution in [0.4, 0.5) is 0 Å². The molecule has 5 nitrogen and oxygen atoms in total. The van der Waals surface area contributed by atoms with E-state index in [1.54, 1.807) is 0 Å². The van der Waals surface area contributed by atoms with Crippen molar-refractivity contribution in [2.24, 2.45) is 11.3 Å². The Balaban J connectivity index is 2.17. The summed E-state index contributed by atoms with van der Waals surface area (Å²) in [5, 5.41) is 0. The van der Waals surface area contributed by atoms with Gasteiger partial charge in [-0.25, -0.2) is 0 Å². The standard InChI is InChI=1S/C9H14O5S/c1-13-8(10)9-4-6(5-9)3-7(9)14-15(2,11)12/h6-7H,3-5H2,1-2H3/t6?,7-,9?/m0/s1. The van der Waals surface area contributed by atoms with Gasteiger partial charge in [-0.05, 0) is 25.2 Å². The molecule has 0 saturated heterocycles. The first-order valence-corrected chi connectivity index (χ1v) is 6.66. The van der Waals surface area contributed by atoms with Gasteiger partial charge in [0.1, 0.15) is 0 Å². The van der Waals surface area contributed by atoms with Crippen molar-refractivity contribution in [2.75, 3.05) is 13.4 Å². The highest BCUT2D eigenvalue weighted by molar-refractivity contribution is 7.86. The second-order valence-corrected chi connectivity index (χ2v) is 6.05. The van der Waals surface area contributed by atoms with Crippen molar-refractivity contribution in [1.29, 1.82) is 0 Å². The maximum atomic E-state index is 11.6. The topological polar surface area (TPSA) is 69.7 Å². The highest BCUT2D eigenvalue weighted by atomic mass is 32.2. The van der Waals surface area contributed by atoms with Crippen molar-refractivity contribution in [2.45, 2.75) is 25.4 Å². The summed E-state index contributed by atoms with van der Waals surface area (Å²) < 4.78 is 31.7.